The van der Waals surface area contributed by atoms with Crippen molar-refractivity contribution >= 4 is 35.6 Å². The first-order valence-electron chi connectivity index (χ1n) is 12.8. The van der Waals surface area contributed by atoms with Gasteiger partial charge in [0.25, 0.3) is 0 Å². The van der Waals surface area contributed by atoms with Gasteiger partial charge in [-0.1, -0.05) is 56.3 Å². The molecular formula is C28H35N3O8S. The minimum Gasteiger partial charge on any atom is -0.497 e. The van der Waals surface area contributed by atoms with E-state index in [9.17, 15) is 29.4 Å². The summed E-state index contributed by atoms with van der Waals surface area (Å²) in [6.45, 7) is 3.53. The van der Waals surface area contributed by atoms with E-state index in [2.05, 4.69) is 10.6 Å². The lowest BCUT2D eigenvalue weighted by Crippen LogP contribution is -2.58. The molecule has 216 valence electrons. The highest BCUT2D eigenvalue weighted by Crippen LogP contribution is 2.24. The number of hydrogen-bond donors (Lipinski definition) is 4. The van der Waals surface area contributed by atoms with Crippen LogP contribution in [0.25, 0.3) is 0 Å². The first kappa shape index (κ1) is 30.8. The highest BCUT2D eigenvalue weighted by atomic mass is 32.2. The predicted molar refractivity (Wildman–Crippen MR) is 149 cm³/mol. The molecule has 4 N–H and O–H groups in total. The average molecular weight is 574 g/mol. The summed E-state index contributed by atoms with van der Waals surface area (Å²) >= 11 is 1.36. The summed E-state index contributed by atoms with van der Waals surface area (Å²) in [5.41, 5.74) is 1.48. The Hall–Kier alpha value is -3.77. The molecule has 12 heteroatoms. The van der Waals surface area contributed by atoms with Gasteiger partial charge in [-0.05, 0) is 35.6 Å². The number of alkyl carbamates (subject to hydrolysis) is 1. The van der Waals surface area contributed by atoms with Crippen molar-refractivity contribution in [2.24, 2.45) is 5.92 Å². The molecule has 1 aliphatic rings. The number of carbonyl (C=O) groups excluding carboxylic acids is 3. The van der Waals surface area contributed by atoms with Crippen molar-refractivity contribution in [2.75, 3.05) is 18.7 Å². The van der Waals surface area contributed by atoms with Gasteiger partial charge in [-0.15, -0.1) is 11.8 Å². The van der Waals surface area contributed by atoms with Gasteiger partial charge in [0.05, 0.1) is 19.0 Å². The van der Waals surface area contributed by atoms with Gasteiger partial charge in [0.15, 0.2) is 6.10 Å². The molecule has 0 bridgehead atoms. The van der Waals surface area contributed by atoms with Gasteiger partial charge in [-0.3, -0.25) is 9.59 Å². The van der Waals surface area contributed by atoms with Gasteiger partial charge >= 0.3 is 12.1 Å². The lowest BCUT2D eigenvalue weighted by molar-refractivity contribution is -0.149. The summed E-state index contributed by atoms with van der Waals surface area (Å²) in [7, 11) is 1.55. The molecule has 1 aliphatic heterocycles. The number of nitrogens with one attached hydrogen (secondary N) is 2. The number of thioether (sulfide) groups is 1. The van der Waals surface area contributed by atoms with E-state index in [0.717, 1.165) is 11.1 Å². The van der Waals surface area contributed by atoms with E-state index in [1.807, 2.05) is 0 Å². The number of amides is 3. The second kappa shape index (κ2) is 14.6. The van der Waals surface area contributed by atoms with Crippen LogP contribution in [0.3, 0.4) is 0 Å². The third-order valence-corrected chi connectivity index (χ3v) is 7.48. The number of carboxylic acids is 1. The summed E-state index contributed by atoms with van der Waals surface area (Å²) in [4.78, 5) is 52.2. The third kappa shape index (κ3) is 8.36. The van der Waals surface area contributed by atoms with E-state index in [4.69, 9.17) is 9.47 Å². The minimum atomic E-state index is -1.84. The molecule has 0 radical (unpaired) electrons. The Labute approximate surface area is 237 Å². The molecule has 2 aromatic rings. The number of rotatable bonds is 12. The third-order valence-electron chi connectivity index (χ3n) is 6.46. The van der Waals surface area contributed by atoms with E-state index < -0.39 is 48.1 Å². The largest absolute Gasteiger partial charge is 0.497 e. The summed E-state index contributed by atoms with van der Waals surface area (Å²) in [6.07, 6.45) is -2.53. The topological polar surface area (TPSA) is 154 Å². The van der Waals surface area contributed by atoms with Crippen molar-refractivity contribution in [1.82, 2.24) is 15.5 Å². The van der Waals surface area contributed by atoms with Crippen LogP contribution in [0, 0.1) is 5.92 Å². The second-order valence-electron chi connectivity index (χ2n) is 9.70. The predicted octanol–water partition coefficient (Wildman–Crippen LogP) is 2.02. The van der Waals surface area contributed by atoms with Crippen molar-refractivity contribution in [3.8, 4) is 5.75 Å². The van der Waals surface area contributed by atoms with E-state index in [1.54, 1.807) is 75.6 Å². The minimum absolute atomic E-state index is 0.00582. The van der Waals surface area contributed by atoms with Crippen molar-refractivity contribution in [1.29, 1.82) is 0 Å². The van der Waals surface area contributed by atoms with Crippen LogP contribution in [-0.4, -0.2) is 82.0 Å². The Morgan fingerprint density at radius 3 is 2.30 bits per heavy atom. The highest BCUT2D eigenvalue weighted by Gasteiger charge is 2.40. The lowest BCUT2D eigenvalue weighted by atomic mass is 10.00. The number of hydrogen-bond acceptors (Lipinski definition) is 8. The van der Waals surface area contributed by atoms with E-state index >= 15 is 0 Å². The van der Waals surface area contributed by atoms with Crippen molar-refractivity contribution in [3.63, 3.8) is 0 Å². The fourth-order valence-corrected chi connectivity index (χ4v) is 5.33. The van der Waals surface area contributed by atoms with Crippen molar-refractivity contribution in [2.45, 2.75) is 51.1 Å². The lowest BCUT2D eigenvalue weighted by Gasteiger charge is -2.31. The maximum Gasteiger partial charge on any atom is 0.408 e. The normalized spacial score (nSPS) is 17.0. The first-order chi connectivity index (χ1) is 19.1. The number of benzene rings is 2. The Kier molecular flexibility index (Phi) is 11.2. The number of aliphatic hydroxyl groups is 1. The number of ether oxygens (including phenoxy) is 2. The molecule has 2 aromatic carbocycles. The molecule has 1 fully saturated rings. The Morgan fingerprint density at radius 1 is 1.02 bits per heavy atom. The molecule has 1 saturated heterocycles. The average Bonchev–Trinajstić information content (AvgIpc) is 3.44. The van der Waals surface area contributed by atoms with Crippen LogP contribution in [0.5, 0.6) is 5.75 Å². The number of carboxylic acid groups (broad SMARTS) is 1. The van der Waals surface area contributed by atoms with Crippen LogP contribution in [0.2, 0.25) is 0 Å². The second-order valence-corrected chi connectivity index (χ2v) is 10.7. The van der Waals surface area contributed by atoms with Gasteiger partial charge in [0, 0.05) is 5.75 Å². The maximum atomic E-state index is 13.5. The molecule has 1 unspecified atom stereocenters. The molecule has 0 spiro atoms. The molecule has 4 atom stereocenters. The summed E-state index contributed by atoms with van der Waals surface area (Å²) in [5.74, 6) is -1.64. The van der Waals surface area contributed by atoms with Crippen LogP contribution in [0.4, 0.5) is 4.79 Å². The maximum absolute atomic E-state index is 13.5. The van der Waals surface area contributed by atoms with Gasteiger partial charge < -0.3 is 35.2 Å². The van der Waals surface area contributed by atoms with E-state index in [0.29, 0.717) is 5.75 Å². The quantitative estimate of drug-likeness (QED) is 0.299. The van der Waals surface area contributed by atoms with Crippen molar-refractivity contribution in [3.05, 3.63) is 65.7 Å². The SMILES string of the molecule is COc1ccc(COC(=O)N[C@H](C(=O)N2CSC[C@H]2C(=O)N[C@@H](Cc2ccccc2)C(O)C(=O)O)C(C)C)cc1. The molecule has 40 heavy (non-hydrogen) atoms. The Balaban J connectivity index is 1.65. The number of carbonyl (C=O) groups is 4. The van der Waals surface area contributed by atoms with Gasteiger partial charge in [-0.25, -0.2) is 9.59 Å². The summed E-state index contributed by atoms with van der Waals surface area (Å²) in [5, 5.41) is 24.9. The van der Waals surface area contributed by atoms with Crippen molar-refractivity contribution < 1.29 is 38.9 Å². The zero-order valence-electron chi connectivity index (χ0n) is 22.6. The van der Waals surface area contributed by atoms with E-state index in [1.165, 1.54) is 16.7 Å². The van der Waals surface area contributed by atoms with Gasteiger partial charge in [0.1, 0.15) is 24.4 Å². The number of aliphatic carboxylic acids is 1. The first-order valence-corrected chi connectivity index (χ1v) is 14.0. The van der Waals surface area contributed by atoms with Crippen LogP contribution in [0.1, 0.15) is 25.0 Å². The standard InChI is InChI=1S/C28H35N3O8S/c1-17(2)23(30-28(37)39-14-19-9-11-20(38-3)12-10-19)26(34)31-16-40-15-22(31)25(33)29-21(24(32)27(35)36)13-18-7-5-4-6-8-18/h4-12,17,21-24,32H,13-16H2,1-3H3,(H,29,33)(H,30,37)(H,35,36)/t21-,22-,23-,24?/m0/s1. The highest BCUT2D eigenvalue weighted by molar-refractivity contribution is 7.99. The zero-order chi connectivity index (χ0) is 29.2. The zero-order valence-corrected chi connectivity index (χ0v) is 23.4. The molecule has 1 heterocycles. The van der Waals surface area contributed by atoms with Crippen LogP contribution < -0.4 is 15.4 Å². The monoisotopic (exact) mass is 573 g/mol. The summed E-state index contributed by atoms with van der Waals surface area (Å²) < 4.78 is 10.4. The molecule has 3 rings (SSSR count). The molecule has 0 aliphatic carbocycles. The van der Waals surface area contributed by atoms with Gasteiger partial charge in [-0.2, -0.15) is 0 Å². The molecule has 0 aromatic heterocycles. The van der Waals surface area contributed by atoms with Crippen LogP contribution in [0.15, 0.2) is 54.6 Å². The molecular weight excluding hydrogens is 538 g/mol. The molecule has 3 amide bonds. The Morgan fingerprint density at radius 2 is 1.70 bits per heavy atom. The summed E-state index contributed by atoms with van der Waals surface area (Å²) in [6, 6.07) is 12.9. The van der Waals surface area contributed by atoms with Gasteiger partial charge in [0.2, 0.25) is 11.8 Å². The fraction of sp³-hybridized carbons (Fsp3) is 0.429. The van der Waals surface area contributed by atoms with Crippen LogP contribution >= 0.6 is 11.8 Å². The molecule has 0 saturated carbocycles. The van der Waals surface area contributed by atoms with E-state index in [-0.39, 0.29) is 30.6 Å². The van der Waals surface area contributed by atoms with Crippen LogP contribution in [-0.2, 0) is 32.1 Å². The number of methoxy groups -OCH3 is 1. The number of aliphatic hydroxyl groups excluding tert-OH is 1. The Bertz CT molecular complexity index is 1160. The smallest absolute Gasteiger partial charge is 0.408 e. The molecule has 11 nitrogen and oxygen atoms in total. The fourth-order valence-electron chi connectivity index (χ4n) is 4.17. The number of nitrogens with zero attached hydrogens (tertiary/aromatic N) is 1.